The summed E-state index contributed by atoms with van der Waals surface area (Å²) in [5.74, 6) is -1.36. The van der Waals surface area contributed by atoms with Crippen LogP contribution in [-0.2, 0) is 0 Å². The highest BCUT2D eigenvalue weighted by Crippen LogP contribution is 2.52. The largest absolute Gasteiger partial charge is 0.331 e. The zero-order valence-corrected chi connectivity index (χ0v) is 14.7. The molecule has 6 nitrogen and oxygen atoms in total. The van der Waals surface area contributed by atoms with Gasteiger partial charge in [0.1, 0.15) is 5.92 Å². The first-order chi connectivity index (χ1) is 12.6. The molecule has 0 saturated heterocycles. The van der Waals surface area contributed by atoms with Crippen molar-refractivity contribution in [3.8, 4) is 18.2 Å². The fourth-order valence-electron chi connectivity index (χ4n) is 4.47. The van der Waals surface area contributed by atoms with Crippen LogP contribution in [0.4, 0.5) is 0 Å². The Kier molecular flexibility index (Phi) is 4.85. The second kappa shape index (κ2) is 7.08. The van der Waals surface area contributed by atoms with Crippen molar-refractivity contribution >= 4 is 5.71 Å². The van der Waals surface area contributed by atoms with Gasteiger partial charge in [-0.2, -0.15) is 15.8 Å². The molecule has 2 unspecified atom stereocenters. The molecule has 4 atom stereocenters. The molecule has 1 aromatic rings. The molecular weight excluding hydrogens is 324 g/mol. The summed E-state index contributed by atoms with van der Waals surface area (Å²) < 4.78 is 0. The topological polar surface area (TPSA) is 113 Å². The van der Waals surface area contributed by atoms with Crippen LogP contribution in [0.25, 0.3) is 0 Å². The number of quaternary nitrogens is 1. The molecule has 3 rings (SSSR count). The molecule has 1 aliphatic heterocycles. The van der Waals surface area contributed by atoms with E-state index in [-0.39, 0.29) is 11.6 Å². The lowest BCUT2D eigenvalue weighted by Gasteiger charge is -2.46. The number of nitrogens with zero attached hydrogens (tertiary/aromatic N) is 4. The first-order valence-electron chi connectivity index (χ1n) is 8.87. The van der Waals surface area contributed by atoms with Gasteiger partial charge < -0.3 is 10.3 Å². The van der Waals surface area contributed by atoms with E-state index >= 15 is 0 Å². The number of nitriles is 3. The van der Waals surface area contributed by atoms with E-state index in [0.29, 0.717) is 0 Å². The Labute approximate surface area is 153 Å². The van der Waals surface area contributed by atoms with Gasteiger partial charge in [-0.3, -0.25) is 4.98 Å². The van der Waals surface area contributed by atoms with Crippen LogP contribution in [0.15, 0.2) is 36.2 Å². The predicted octanol–water partition coefficient (Wildman–Crippen LogP) is 1.22. The Morgan fingerprint density at radius 1 is 1.27 bits per heavy atom. The van der Waals surface area contributed by atoms with Crippen LogP contribution in [0.5, 0.6) is 0 Å². The van der Waals surface area contributed by atoms with Gasteiger partial charge >= 0.3 is 0 Å². The Balaban J connectivity index is 2.20. The van der Waals surface area contributed by atoms with Crippen LogP contribution in [-0.4, -0.2) is 30.3 Å². The van der Waals surface area contributed by atoms with Gasteiger partial charge in [0.05, 0.1) is 43.6 Å². The lowest BCUT2D eigenvalue weighted by molar-refractivity contribution is -0.899. The minimum Gasteiger partial charge on any atom is -0.331 e. The van der Waals surface area contributed by atoms with E-state index in [4.69, 9.17) is 5.41 Å². The lowest BCUT2D eigenvalue weighted by Crippen LogP contribution is -3.13. The van der Waals surface area contributed by atoms with Crippen molar-refractivity contribution in [3.63, 3.8) is 0 Å². The SMILES string of the molecule is CCC[NH+]1CC=C2C(C#N)C(=N)C(C#N)(C#N)[C@@H](c3ccncc3)[C@H]2C1. The fraction of sp³-hybridized carbons (Fsp3) is 0.450. The third-order valence-corrected chi connectivity index (χ3v) is 5.63. The molecule has 0 spiro atoms. The summed E-state index contributed by atoms with van der Waals surface area (Å²) in [6.45, 7) is 4.73. The molecule has 1 aliphatic carbocycles. The zero-order chi connectivity index (χ0) is 18.7. The van der Waals surface area contributed by atoms with Crippen LogP contribution in [0.2, 0.25) is 0 Å². The van der Waals surface area contributed by atoms with E-state index in [9.17, 15) is 15.8 Å². The minimum atomic E-state index is -1.63. The zero-order valence-electron chi connectivity index (χ0n) is 14.7. The second-order valence-electron chi connectivity index (χ2n) is 6.98. The van der Waals surface area contributed by atoms with E-state index in [1.165, 1.54) is 4.90 Å². The van der Waals surface area contributed by atoms with Crippen LogP contribution in [0.3, 0.4) is 0 Å². The first-order valence-corrected chi connectivity index (χ1v) is 8.87. The van der Waals surface area contributed by atoms with Crippen molar-refractivity contribution in [2.75, 3.05) is 19.6 Å². The quantitative estimate of drug-likeness (QED) is 0.802. The summed E-state index contributed by atoms with van der Waals surface area (Å²) in [6, 6.07) is 10.0. The number of pyridine rings is 1. The van der Waals surface area contributed by atoms with Gasteiger partial charge in [-0.1, -0.05) is 6.92 Å². The summed E-state index contributed by atoms with van der Waals surface area (Å²) in [5.41, 5.74) is 0.0183. The molecule has 0 radical (unpaired) electrons. The van der Waals surface area contributed by atoms with Crippen molar-refractivity contribution in [2.24, 2.45) is 17.3 Å². The van der Waals surface area contributed by atoms with Gasteiger partial charge in [0.2, 0.25) is 0 Å². The molecule has 1 fully saturated rings. The van der Waals surface area contributed by atoms with E-state index < -0.39 is 17.3 Å². The van der Waals surface area contributed by atoms with E-state index in [1.54, 1.807) is 12.4 Å². The molecule has 2 heterocycles. The molecule has 0 bridgehead atoms. The minimum absolute atomic E-state index is 0.0896. The van der Waals surface area contributed by atoms with Crippen LogP contribution in [0.1, 0.15) is 24.8 Å². The summed E-state index contributed by atoms with van der Waals surface area (Å²) >= 11 is 0. The molecule has 130 valence electrons. The van der Waals surface area contributed by atoms with E-state index in [1.807, 2.05) is 12.1 Å². The maximum atomic E-state index is 9.95. The van der Waals surface area contributed by atoms with E-state index in [2.05, 4.69) is 36.2 Å². The van der Waals surface area contributed by atoms with Crippen molar-refractivity contribution < 1.29 is 4.90 Å². The van der Waals surface area contributed by atoms with Crippen LogP contribution >= 0.6 is 0 Å². The molecule has 0 aromatic carbocycles. The Hall–Kier alpha value is -3.01. The molecule has 6 heteroatoms. The number of nitrogens with one attached hydrogen (secondary N) is 2. The number of aromatic nitrogens is 1. The number of hydrogen-bond acceptors (Lipinski definition) is 5. The Bertz CT molecular complexity index is 837. The highest BCUT2D eigenvalue weighted by Gasteiger charge is 2.58. The number of rotatable bonds is 3. The fourth-order valence-corrected chi connectivity index (χ4v) is 4.47. The summed E-state index contributed by atoms with van der Waals surface area (Å²) in [6.07, 6.45) is 6.41. The van der Waals surface area contributed by atoms with Crippen molar-refractivity contribution in [3.05, 3.63) is 41.7 Å². The standard InChI is InChI=1S/C20H20N6/c1-2-8-26-9-5-15-16(10-21)19(24)20(12-22,13-23)18(17(15)11-26)14-3-6-25-7-4-14/h3-7,16-18,24H,2,8-9,11H2,1H3/p+1/t16?,17-,18-/m0/s1. The summed E-state index contributed by atoms with van der Waals surface area (Å²) in [4.78, 5) is 5.43. The molecule has 26 heavy (non-hydrogen) atoms. The summed E-state index contributed by atoms with van der Waals surface area (Å²) in [5, 5.41) is 38.1. The molecule has 1 saturated carbocycles. The third kappa shape index (κ3) is 2.58. The van der Waals surface area contributed by atoms with Gasteiger partial charge in [0.25, 0.3) is 0 Å². The highest BCUT2D eigenvalue weighted by molar-refractivity contribution is 6.00. The van der Waals surface area contributed by atoms with Crippen molar-refractivity contribution in [1.29, 1.82) is 21.2 Å². The maximum Gasteiger partial charge on any atom is 0.189 e. The van der Waals surface area contributed by atoms with Crippen LogP contribution < -0.4 is 4.90 Å². The van der Waals surface area contributed by atoms with Crippen molar-refractivity contribution in [1.82, 2.24) is 4.98 Å². The average Bonchev–Trinajstić information content (AvgIpc) is 2.68. The monoisotopic (exact) mass is 345 g/mol. The summed E-state index contributed by atoms with van der Waals surface area (Å²) in [7, 11) is 0. The van der Waals surface area contributed by atoms with Crippen molar-refractivity contribution in [2.45, 2.75) is 19.3 Å². The Morgan fingerprint density at radius 2 is 1.96 bits per heavy atom. The van der Waals surface area contributed by atoms with Gasteiger partial charge in [-0.15, -0.1) is 0 Å². The van der Waals surface area contributed by atoms with E-state index in [0.717, 1.165) is 37.2 Å². The normalized spacial score (nSPS) is 29.5. The third-order valence-electron chi connectivity index (χ3n) is 5.63. The number of hydrogen-bond donors (Lipinski definition) is 2. The van der Waals surface area contributed by atoms with Crippen LogP contribution in [0, 0.1) is 56.7 Å². The molecule has 1 aromatic heterocycles. The lowest BCUT2D eigenvalue weighted by atomic mass is 9.54. The molecule has 2 aliphatic rings. The molecule has 2 N–H and O–H groups in total. The highest BCUT2D eigenvalue weighted by atomic mass is 15.1. The number of fused-ring (bicyclic) bond motifs is 1. The van der Waals surface area contributed by atoms with Gasteiger partial charge in [-0.05, 0) is 35.8 Å². The van der Waals surface area contributed by atoms with Gasteiger partial charge in [0, 0.05) is 24.2 Å². The van der Waals surface area contributed by atoms with Gasteiger partial charge in [0.15, 0.2) is 5.41 Å². The van der Waals surface area contributed by atoms with Gasteiger partial charge in [-0.25, -0.2) is 0 Å². The molecule has 0 amide bonds. The maximum absolute atomic E-state index is 9.95. The second-order valence-corrected chi connectivity index (χ2v) is 6.98. The average molecular weight is 345 g/mol. The smallest absolute Gasteiger partial charge is 0.189 e. The first kappa shape index (κ1) is 17.8. The predicted molar refractivity (Wildman–Crippen MR) is 94.9 cm³/mol. The Morgan fingerprint density at radius 3 is 2.54 bits per heavy atom. The molecular formula is C20H21N6+.